The average molecular weight is 467 g/mol. The predicted molar refractivity (Wildman–Crippen MR) is 122 cm³/mol. The number of likely N-dealkylation sites (N-methyl/N-ethyl adjacent to an activating group) is 1. The molecule has 2 aromatic rings. The Morgan fingerprint density at radius 1 is 1.16 bits per heavy atom. The van der Waals surface area contributed by atoms with Crippen LogP contribution in [0, 0.1) is 5.82 Å². The maximum absolute atomic E-state index is 12.9. The van der Waals surface area contributed by atoms with E-state index in [2.05, 4.69) is 37.7 Å². The summed E-state index contributed by atoms with van der Waals surface area (Å²) in [6.45, 7) is 6.07. The molecule has 1 aliphatic heterocycles. The first-order chi connectivity index (χ1) is 15.0. The van der Waals surface area contributed by atoms with Crippen molar-refractivity contribution in [3.8, 4) is 0 Å². The van der Waals surface area contributed by atoms with Gasteiger partial charge in [-0.25, -0.2) is 4.39 Å². The van der Waals surface area contributed by atoms with Crippen LogP contribution >= 0.6 is 23.1 Å². The van der Waals surface area contributed by atoms with Crippen molar-refractivity contribution in [2.75, 3.05) is 57.4 Å². The zero-order chi connectivity index (χ0) is 22.1. The van der Waals surface area contributed by atoms with Crippen LogP contribution in [-0.4, -0.2) is 83.9 Å². The van der Waals surface area contributed by atoms with Gasteiger partial charge >= 0.3 is 0 Å². The molecule has 31 heavy (non-hydrogen) atoms. The van der Waals surface area contributed by atoms with Crippen LogP contribution in [-0.2, 0) is 10.5 Å². The molecule has 1 saturated heterocycles. The normalized spacial score (nSPS) is 15.0. The molecule has 168 valence electrons. The van der Waals surface area contributed by atoms with E-state index in [1.165, 1.54) is 47.4 Å². The second-order valence-corrected chi connectivity index (χ2v) is 9.35. The Labute approximate surface area is 189 Å². The molecule has 3 rings (SSSR count). The fourth-order valence-corrected chi connectivity index (χ4v) is 4.64. The highest BCUT2D eigenvalue weighted by atomic mass is 32.2. The summed E-state index contributed by atoms with van der Waals surface area (Å²) in [4.78, 5) is 28.9. The van der Waals surface area contributed by atoms with E-state index in [0.717, 1.165) is 39.1 Å². The minimum atomic E-state index is -0.390. The summed E-state index contributed by atoms with van der Waals surface area (Å²) < 4.78 is 12.9. The Bertz CT molecular complexity index is 856. The number of hydrogen-bond donors (Lipinski definition) is 2. The third-order valence-corrected chi connectivity index (χ3v) is 6.84. The van der Waals surface area contributed by atoms with Crippen molar-refractivity contribution in [1.29, 1.82) is 0 Å². The number of aromatic nitrogens is 2. The Hall–Kier alpha value is -2.08. The molecule has 0 radical (unpaired) electrons. The van der Waals surface area contributed by atoms with E-state index in [-0.39, 0.29) is 16.7 Å². The Morgan fingerprint density at radius 3 is 2.65 bits per heavy atom. The lowest BCUT2D eigenvalue weighted by Crippen LogP contribution is -2.45. The molecule has 0 bridgehead atoms. The summed E-state index contributed by atoms with van der Waals surface area (Å²) in [5, 5.41) is 14.4. The van der Waals surface area contributed by atoms with Crippen LogP contribution in [0.4, 0.5) is 10.1 Å². The number of carbonyl (C=O) groups excluding carboxylic acids is 2. The first-order valence-corrected chi connectivity index (χ1v) is 12.1. The van der Waals surface area contributed by atoms with E-state index < -0.39 is 5.91 Å². The summed E-state index contributed by atoms with van der Waals surface area (Å²) in [6.07, 6.45) is 0.947. The molecule has 8 nitrogen and oxygen atoms in total. The molecule has 1 aromatic heterocycles. The SMILES string of the molecule is CN1CCN(CCCNC(=O)CSCc2nnc(C(=O)Nc3ccc(F)cc3)s2)CC1. The monoisotopic (exact) mass is 466 g/mol. The van der Waals surface area contributed by atoms with Gasteiger partial charge in [0.25, 0.3) is 5.91 Å². The van der Waals surface area contributed by atoms with Gasteiger partial charge in [-0.3, -0.25) is 9.59 Å². The molecule has 11 heteroatoms. The van der Waals surface area contributed by atoms with Crippen molar-refractivity contribution in [3.63, 3.8) is 0 Å². The molecular weight excluding hydrogens is 439 g/mol. The lowest BCUT2D eigenvalue weighted by molar-refractivity contribution is -0.118. The molecule has 0 atom stereocenters. The van der Waals surface area contributed by atoms with Crippen molar-refractivity contribution in [1.82, 2.24) is 25.3 Å². The largest absolute Gasteiger partial charge is 0.355 e. The maximum atomic E-state index is 12.9. The maximum Gasteiger partial charge on any atom is 0.286 e. The van der Waals surface area contributed by atoms with E-state index >= 15 is 0 Å². The van der Waals surface area contributed by atoms with Crippen LogP contribution in [0.2, 0.25) is 0 Å². The quantitative estimate of drug-likeness (QED) is 0.517. The number of halogens is 1. The van der Waals surface area contributed by atoms with Gasteiger partial charge in [-0.1, -0.05) is 11.3 Å². The minimum Gasteiger partial charge on any atom is -0.355 e. The van der Waals surface area contributed by atoms with Crippen molar-refractivity contribution in [2.24, 2.45) is 0 Å². The van der Waals surface area contributed by atoms with Gasteiger partial charge in [0.1, 0.15) is 10.8 Å². The molecule has 1 aliphatic rings. The Morgan fingerprint density at radius 2 is 1.90 bits per heavy atom. The zero-order valence-electron chi connectivity index (χ0n) is 17.5. The fraction of sp³-hybridized carbons (Fsp3) is 0.500. The van der Waals surface area contributed by atoms with Crippen LogP contribution in [0.15, 0.2) is 24.3 Å². The number of anilines is 1. The van der Waals surface area contributed by atoms with Crippen molar-refractivity contribution < 1.29 is 14.0 Å². The third kappa shape index (κ3) is 8.17. The highest BCUT2D eigenvalue weighted by Gasteiger charge is 2.14. The molecule has 0 saturated carbocycles. The fourth-order valence-electron chi connectivity index (χ4n) is 3.01. The molecule has 0 spiro atoms. The topological polar surface area (TPSA) is 90.5 Å². The van der Waals surface area contributed by atoms with Crippen LogP contribution in [0.5, 0.6) is 0 Å². The van der Waals surface area contributed by atoms with Crippen LogP contribution in [0.1, 0.15) is 21.2 Å². The van der Waals surface area contributed by atoms with Crippen LogP contribution in [0.3, 0.4) is 0 Å². The highest BCUT2D eigenvalue weighted by molar-refractivity contribution is 7.99. The van der Waals surface area contributed by atoms with E-state index in [9.17, 15) is 14.0 Å². The first-order valence-electron chi connectivity index (χ1n) is 10.1. The van der Waals surface area contributed by atoms with E-state index in [4.69, 9.17) is 0 Å². The number of piperazine rings is 1. The van der Waals surface area contributed by atoms with Crippen molar-refractivity contribution >= 4 is 40.6 Å². The van der Waals surface area contributed by atoms with E-state index in [1.807, 2.05) is 0 Å². The molecule has 2 heterocycles. The number of hydrogen-bond acceptors (Lipinski definition) is 8. The van der Waals surface area contributed by atoms with Gasteiger partial charge in [0.2, 0.25) is 10.9 Å². The van der Waals surface area contributed by atoms with Crippen molar-refractivity contribution in [3.05, 3.63) is 40.1 Å². The van der Waals surface area contributed by atoms with Gasteiger partial charge in [0.05, 0.1) is 5.75 Å². The molecule has 2 N–H and O–H groups in total. The standard InChI is InChI=1S/C20H27FN6O2S2/c1-26-9-11-27(12-10-26)8-2-7-22-17(28)13-30-14-18-24-25-20(31-18)19(29)23-16-5-3-15(21)4-6-16/h3-6H,2,7-14H2,1H3,(H,22,28)(H,23,29). The summed E-state index contributed by atoms with van der Waals surface area (Å²) in [7, 11) is 2.14. The second kappa shape index (κ2) is 12.1. The summed E-state index contributed by atoms with van der Waals surface area (Å²) in [5.41, 5.74) is 0.488. The minimum absolute atomic E-state index is 0.00201. The number of rotatable bonds is 10. The molecule has 0 unspecified atom stereocenters. The molecular formula is C20H27FN6O2S2. The molecule has 2 amide bonds. The summed E-state index contributed by atoms with van der Waals surface area (Å²) >= 11 is 2.62. The van der Waals surface area contributed by atoms with Gasteiger partial charge in [-0.05, 0) is 44.3 Å². The highest BCUT2D eigenvalue weighted by Crippen LogP contribution is 2.18. The average Bonchev–Trinajstić information content (AvgIpc) is 3.23. The van der Waals surface area contributed by atoms with Crippen LogP contribution < -0.4 is 10.6 Å². The third-order valence-electron chi connectivity index (χ3n) is 4.79. The number of thioether (sulfide) groups is 1. The van der Waals surface area contributed by atoms with Gasteiger partial charge in [-0.15, -0.1) is 22.0 Å². The summed E-state index contributed by atoms with van der Waals surface area (Å²) in [5.74, 6) is 0.0921. The molecule has 1 aromatic carbocycles. The predicted octanol–water partition coefficient (Wildman–Crippen LogP) is 1.92. The van der Waals surface area contributed by atoms with Crippen molar-refractivity contribution in [2.45, 2.75) is 12.2 Å². The zero-order valence-corrected chi connectivity index (χ0v) is 19.1. The van der Waals surface area contributed by atoms with Gasteiger partial charge in [0, 0.05) is 44.2 Å². The Kier molecular flexibility index (Phi) is 9.19. The molecule has 1 fully saturated rings. The van der Waals surface area contributed by atoms with E-state index in [1.54, 1.807) is 0 Å². The number of amides is 2. The van der Waals surface area contributed by atoms with Gasteiger partial charge < -0.3 is 20.4 Å². The first kappa shape index (κ1) is 23.6. The van der Waals surface area contributed by atoms with Gasteiger partial charge in [0.15, 0.2) is 0 Å². The second-order valence-electron chi connectivity index (χ2n) is 7.30. The molecule has 0 aliphatic carbocycles. The number of nitrogens with zero attached hydrogens (tertiary/aromatic N) is 4. The Balaban J connectivity index is 1.29. The van der Waals surface area contributed by atoms with E-state index in [0.29, 0.717) is 28.7 Å². The number of nitrogens with one attached hydrogen (secondary N) is 2. The summed E-state index contributed by atoms with van der Waals surface area (Å²) in [6, 6.07) is 5.51. The van der Waals surface area contributed by atoms with Crippen LogP contribution in [0.25, 0.3) is 0 Å². The lowest BCUT2D eigenvalue weighted by Gasteiger charge is -2.32. The smallest absolute Gasteiger partial charge is 0.286 e. The number of benzene rings is 1. The lowest BCUT2D eigenvalue weighted by atomic mass is 10.3. The number of carbonyl (C=O) groups is 2. The van der Waals surface area contributed by atoms with Gasteiger partial charge in [-0.2, -0.15) is 0 Å².